The van der Waals surface area contributed by atoms with Crippen molar-refractivity contribution in [3.8, 4) is 5.75 Å². The Hall–Kier alpha value is -1.97. The Morgan fingerprint density at radius 1 is 1.60 bits per heavy atom. The first kappa shape index (κ1) is 11.1. The number of phenols is 1. The van der Waals surface area contributed by atoms with Gasteiger partial charge in [0, 0.05) is 23.9 Å². The third-order valence-electron chi connectivity index (χ3n) is 1.84. The van der Waals surface area contributed by atoms with Crippen molar-refractivity contribution in [1.82, 2.24) is 5.32 Å². The van der Waals surface area contributed by atoms with Crippen molar-refractivity contribution in [3.63, 3.8) is 0 Å². The van der Waals surface area contributed by atoms with Gasteiger partial charge in [0.15, 0.2) is 0 Å². The summed E-state index contributed by atoms with van der Waals surface area (Å²) in [7, 11) is 0. The lowest BCUT2D eigenvalue weighted by atomic mass is 10.1. The van der Waals surface area contributed by atoms with E-state index >= 15 is 0 Å². The molecule has 0 aliphatic carbocycles. The van der Waals surface area contributed by atoms with E-state index in [0.717, 1.165) is 0 Å². The number of likely N-dealkylation sites (N-methyl/N-ethyl adjacent to an activating group) is 1. The third kappa shape index (κ3) is 3.34. The normalized spacial score (nSPS) is 10.5. The summed E-state index contributed by atoms with van der Waals surface area (Å²) in [5.41, 5.74) is 6.80. The van der Waals surface area contributed by atoms with Crippen LogP contribution in [0.3, 0.4) is 0 Å². The first-order chi connectivity index (χ1) is 7.13. The van der Waals surface area contributed by atoms with Crippen LogP contribution < -0.4 is 11.1 Å². The molecular weight excluding hydrogens is 192 g/mol. The number of benzene rings is 1. The maximum atomic E-state index is 11.1. The molecule has 0 heterocycles. The molecule has 0 fully saturated rings. The van der Waals surface area contributed by atoms with Gasteiger partial charge in [0.25, 0.3) is 0 Å². The Bertz CT molecular complexity index is 386. The molecule has 0 saturated carbocycles. The van der Waals surface area contributed by atoms with Gasteiger partial charge in [0.2, 0.25) is 5.91 Å². The molecule has 1 amide bonds. The molecule has 4 heteroatoms. The first-order valence-corrected chi connectivity index (χ1v) is 4.68. The molecule has 0 aliphatic heterocycles. The predicted molar refractivity (Wildman–Crippen MR) is 60.2 cm³/mol. The van der Waals surface area contributed by atoms with Crippen molar-refractivity contribution < 1.29 is 9.90 Å². The largest absolute Gasteiger partial charge is 0.508 e. The smallest absolute Gasteiger partial charge is 0.243 e. The van der Waals surface area contributed by atoms with Crippen LogP contribution in [0.25, 0.3) is 6.08 Å². The van der Waals surface area contributed by atoms with E-state index in [4.69, 9.17) is 5.73 Å². The number of rotatable bonds is 3. The molecule has 0 aromatic heterocycles. The van der Waals surface area contributed by atoms with Crippen LogP contribution in [0.15, 0.2) is 24.3 Å². The van der Waals surface area contributed by atoms with Crippen LogP contribution >= 0.6 is 0 Å². The van der Waals surface area contributed by atoms with Crippen molar-refractivity contribution in [2.24, 2.45) is 0 Å². The van der Waals surface area contributed by atoms with Crippen molar-refractivity contribution in [2.45, 2.75) is 6.92 Å². The Balaban J connectivity index is 2.79. The Labute approximate surface area is 88.4 Å². The fraction of sp³-hybridized carbons (Fsp3) is 0.182. The lowest BCUT2D eigenvalue weighted by Gasteiger charge is -2.00. The third-order valence-corrected chi connectivity index (χ3v) is 1.84. The molecule has 0 saturated heterocycles. The fourth-order valence-electron chi connectivity index (χ4n) is 1.11. The average Bonchev–Trinajstić information content (AvgIpc) is 2.20. The van der Waals surface area contributed by atoms with E-state index in [9.17, 15) is 9.90 Å². The molecule has 4 nitrogen and oxygen atoms in total. The number of aromatic hydroxyl groups is 1. The van der Waals surface area contributed by atoms with E-state index in [1.807, 2.05) is 6.92 Å². The van der Waals surface area contributed by atoms with Crippen molar-refractivity contribution >= 4 is 17.7 Å². The highest BCUT2D eigenvalue weighted by atomic mass is 16.3. The Kier molecular flexibility index (Phi) is 3.74. The molecule has 0 spiro atoms. The number of nitrogens with two attached hydrogens (primary N) is 1. The number of hydrogen-bond acceptors (Lipinski definition) is 3. The van der Waals surface area contributed by atoms with Crippen LogP contribution in [0.1, 0.15) is 12.5 Å². The monoisotopic (exact) mass is 206 g/mol. The molecule has 80 valence electrons. The van der Waals surface area contributed by atoms with Gasteiger partial charge in [-0.25, -0.2) is 0 Å². The summed E-state index contributed by atoms with van der Waals surface area (Å²) in [5, 5.41) is 11.8. The predicted octanol–water partition coefficient (Wildman–Crippen LogP) is 1.12. The highest BCUT2D eigenvalue weighted by molar-refractivity contribution is 5.92. The zero-order valence-electron chi connectivity index (χ0n) is 8.53. The van der Waals surface area contributed by atoms with Crippen LogP contribution in [0.4, 0.5) is 5.69 Å². The highest BCUT2D eigenvalue weighted by Crippen LogP contribution is 2.19. The van der Waals surface area contributed by atoms with E-state index in [1.165, 1.54) is 18.2 Å². The van der Waals surface area contributed by atoms with Crippen LogP contribution in [-0.4, -0.2) is 17.6 Å². The zero-order chi connectivity index (χ0) is 11.3. The lowest BCUT2D eigenvalue weighted by molar-refractivity contribution is -0.116. The summed E-state index contributed by atoms with van der Waals surface area (Å²) >= 11 is 0. The van der Waals surface area contributed by atoms with Crippen LogP contribution in [-0.2, 0) is 4.79 Å². The van der Waals surface area contributed by atoms with Gasteiger partial charge in [-0.3, -0.25) is 4.79 Å². The molecule has 1 aromatic carbocycles. The van der Waals surface area contributed by atoms with Gasteiger partial charge in [0.1, 0.15) is 5.75 Å². The van der Waals surface area contributed by atoms with Gasteiger partial charge < -0.3 is 16.2 Å². The van der Waals surface area contributed by atoms with Gasteiger partial charge in [-0.2, -0.15) is 0 Å². The van der Waals surface area contributed by atoms with Crippen LogP contribution in [0.5, 0.6) is 5.75 Å². The second-order valence-corrected chi connectivity index (χ2v) is 3.04. The lowest BCUT2D eigenvalue weighted by Crippen LogP contribution is -2.19. The van der Waals surface area contributed by atoms with Crippen LogP contribution in [0, 0.1) is 0 Å². The number of amides is 1. The summed E-state index contributed by atoms with van der Waals surface area (Å²) in [5.74, 6) is -0.0556. The second kappa shape index (κ2) is 5.05. The number of carbonyl (C=O) groups is 1. The van der Waals surface area contributed by atoms with Crippen molar-refractivity contribution in [3.05, 3.63) is 29.8 Å². The molecule has 0 aliphatic rings. The standard InChI is InChI=1S/C11H14N2O2/c1-2-13-11(15)6-3-8-7-9(14)4-5-10(8)12/h3-7,14H,2,12H2,1H3,(H,13,15)/b6-3+. The summed E-state index contributed by atoms with van der Waals surface area (Å²) in [6.45, 7) is 2.42. The molecule has 4 N–H and O–H groups in total. The maximum Gasteiger partial charge on any atom is 0.243 e. The van der Waals surface area contributed by atoms with Gasteiger partial charge in [0.05, 0.1) is 0 Å². The minimum Gasteiger partial charge on any atom is -0.508 e. The van der Waals surface area contributed by atoms with Crippen LogP contribution in [0.2, 0.25) is 0 Å². The highest BCUT2D eigenvalue weighted by Gasteiger charge is 1.97. The molecule has 0 bridgehead atoms. The molecule has 0 unspecified atom stereocenters. The molecule has 0 atom stereocenters. The van der Waals surface area contributed by atoms with E-state index in [1.54, 1.807) is 12.1 Å². The van der Waals surface area contributed by atoms with E-state index < -0.39 is 0 Å². The number of nitrogens with one attached hydrogen (secondary N) is 1. The number of hydrogen-bond donors (Lipinski definition) is 3. The SMILES string of the molecule is CCNC(=O)/C=C/c1cc(O)ccc1N. The molecule has 1 rings (SSSR count). The van der Waals surface area contributed by atoms with E-state index in [0.29, 0.717) is 17.8 Å². The second-order valence-electron chi connectivity index (χ2n) is 3.04. The molecule has 15 heavy (non-hydrogen) atoms. The number of phenolic OH excluding ortho intramolecular Hbond substituents is 1. The fourth-order valence-corrected chi connectivity index (χ4v) is 1.11. The van der Waals surface area contributed by atoms with E-state index in [2.05, 4.69) is 5.32 Å². The van der Waals surface area contributed by atoms with Gasteiger partial charge in [-0.15, -0.1) is 0 Å². The number of carbonyl (C=O) groups excluding carboxylic acids is 1. The number of nitrogen functional groups attached to an aromatic ring is 1. The van der Waals surface area contributed by atoms with Gasteiger partial charge in [-0.1, -0.05) is 0 Å². The molecule has 0 radical (unpaired) electrons. The summed E-state index contributed by atoms with van der Waals surface area (Å²) in [6, 6.07) is 4.59. The topological polar surface area (TPSA) is 75.3 Å². The summed E-state index contributed by atoms with van der Waals surface area (Å²) < 4.78 is 0. The summed E-state index contributed by atoms with van der Waals surface area (Å²) in [4.78, 5) is 11.1. The van der Waals surface area contributed by atoms with Crippen molar-refractivity contribution in [1.29, 1.82) is 0 Å². The maximum absolute atomic E-state index is 11.1. The Morgan fingerprint density at radius 3 is 3.00 bits per heavy atom. The quantitative estimate of drug-likeness (QED) is 0.394. The number of anilines is 1. The van der Waals surface area contributed by atoms with Gasteiger partial charge >= 0.3 is 0 Å². The average molecular weight is 206 g/mol. The van der Waals surface area contributed by atoms with E-state index in [-0.39, 0.29) is 11.7 Å². The summed E-state index contributed by atoms with van der Waals surface area (Å²) in [6.07, 6.45) is 2.95. The Morgan fingerprint density at radius 2 is 2.33 bits per heavy atom. The molecular formula is C11H14N2O2. The first-order valence-electron chi connectivity index (χ1n) is 4.68. The van der Waals surface area contributed by atoms with Crippen molar-refractivity contribution in [2.75, 3.05) is 12.3 Å². The zero-order valence-corrected chi connectivity index (χ0v) is 8.53. The minimum atomic E-state index is -0.180. The minimum absolute atomic E-state index is 0.125. The van der Waals surface area contributed by atoms with Gasteiger partial charge in [-0.05, 0) is 31.2 Å². The molecule has 1 aromatic rings.